The maximum Gasteiger partial charge on any atom is 0.235 e. The Kier molecular flexibility index (Phi) is 6.27. The summed E-state index contributed by atoms with van der Waals surface area (Å²) in [5, 5.41) is 2.98. The zero-order valence-corrected chi connectivity index (χ0v) is 15.5. The van der Waals surface area contributed by atoms with Gasteiger partial charge >= 0.3 is 0 Å². The largest absolute Gasteiger partial charge is 0.495 e. The standard InChI is InChI=1S/C17H19ClN2O4S/c1-20(14-6-4-3-5-7-14)25(22,23)11-10-17(21)19-13-8-9-16(24-2)15(18)12-13/h3-9,12H,10-11H2,1-2H3,(H,19,21). The third kappa shape index (κ3) is 5.11. The Morgan fingerprint density at radius 1 is 1.20 bits per heavy atom. The van der Waals surface area contributed by atoms with Crippen LogP contribution in [0.15, 0.2) is 48.5 Å². The van der Waals surface area contributed by atoms with E-state index in [1.165, 1.54) is 18.5 Å². The molecule has 0 saturated carbocycles. The molecule has 134 valence electrons. The van der Waals surface area contributed by atoms with Crippen molar-refractivity contribution < 1.29 is 17.9 Å². The Labute approximate surface area is 152 Å². The highest BCUT2D eigenvalue weighted by molar-refractivity contribution is 7.92. The first kappa shape index (κ1) is 19.1. The van der Waals surface area contributed by atoms with E-state index < -0.39 is 15.9 Å². The van der Waals surface area contributed by atoms with Crippen LogP contribution in [0, 0.1) is 0 Å². The molecule has 0 aliphatic carbocycles. The van der Waals surface area contributed by atoms with E-state index in [4.69, 9.17) is 16.3 Å². The number of halogens is 1. The van der Waals surface area contributed by atoms with Crippen molar-refractivity contribution >= 4 is 38.9 Å². The predicted octanol–water partition coefficient (Wildman–Crippen LogP) is 3.14. The normalized spacial score (nSPS) is 11.0. The number of sulfonamides is 1. The summed E-state index contributed by atoms with van der Waals surface area (Å²) in [6.45, 7) is 0. The van der Waals surface area contributed by atoms with E-state index >= 15 is 0 Å². The molecule has 0 bridgehead atoms. The summed E-state index contributed by atoms with van der Waals surface area (Å²) >= 11 is 5.99. The molecule has 0 aliphatic rings. The van der Waals surface area contributed by atoms with Crippen LogP contribution in [0.1, 0.15) is 6.42 Å². The van der Waals surface area contributed by atoms with Crippen molar-refractivity contribution in [3.8, 4) is 5.75 Å². The molecular weight excluding hydrogens is 364 g/mol. The summed E-state index contributed by atoms with van der Waals surface area (Å²) in [6.07, 6.45) is -0.164. The fourth-order valence-electron chi connectivity index (χ4n) is 2.12. The fourth-order valence-corrected chi connectivity index (χ4v) is 3.54. The smallest absolute Gasteiger partial charge is 0.235 e. The van der Waals surface area contributed by atoms with Crippen LogP contribution in [0.3, 0.4) is 0 Å². The van der Waals surface area contributed by atoms with Crippen molar-refractivity contribution in [3.63, 3.8) is 0 Å². The zero-order valence-electron chi connectivity index (χ0n) is 13.9. The number of hydrogen-bond acceptors (Lipinski definition) is 4. The monoisotopic (exact) mass is 382 g/mol. The van der Waals surface area contributed by atoms with Gasteiger partial charge in [0.05, 0.1) is 23.6 Å². The van der Waals surface area contributed by atoms with Gasteiger partial charge < -0.3 is 10.1 Å². The van der Waals surface area contributed by atoms with Crippen molar-refractivity contribution in [3.05, 3.63) is 53.6 Å². The first-order chi connectivity index (χ1) is 11.8. The van der Waals surface area contributed by atoms with E-state index in [0.29, 0.717) is 22.1 Å². The maximum atomic E-state index is 12.3. The molecule has 0 unspecified atom stereocenters. The van der Waals surface area contributed by atoms with Crippen LogP contribution in [-0.4, -0.2) is 34.2 Å². The SMILES string of the molecule is COc1ccc(NC(=O)CCS(=O)(=O)N(C)c2ccccc2)cc1Cl. The molecule has 25 heavy (non-hydrogen) atoms. The molecule has 0 heterocycles. The molecule has 0 atom stereocenters. The van der Waals surface area contributed by atoms with E-state index in [2.05, 4.69) is 5.32 Å². The quantitative estimate of drug-likeness (QED) is 0.798. The van der Waals surface area contributed by atoms with Crippen LogP contribution in [0.2, 0.25) is 5.02 Å². The molecular formula is C17H19ClN2O4S. The van der Waals surface area contributed by atoms with E-state index in [0.717, 1.165) is 0 Å². The van der Waals surface area contributed by atoms with Crippen LogP contribution in [-0.2, 0) is 14.8 Å². The Hall–Kier alpha value is -2.25. The highest BCUT2D eigenvalue weighted by atomic mass is 35.5. The molecule has 0 fully saturated rings. The van der Waals surface area contributed by atoms with Crippen LogP contribution in [0.25, 0.3) is 0 Å². The number of carbonyl (C=O) groups is 1. The Morgan fingerprint density at radius 3 is 2.48 bits per heavy atom. The minimum atomic E-state index is -3.59. The molecule has 0 saturated heterocycles. The number of carbonyl (C=O) groups excluding carboxylic acids is 1. The number of para-hydroxylation sites is 1. The van der Waals surface area contributed by atoms with Crippen molar-refractivity contribution in [2.24, 2.45) is 0 Å². The van der Waals surface area contributed by atoms with Gasteiger partial charge in [0.15, 0.2) is 0 Å². The number of methoxy groups -OCH3 is 1. The average molecular weight is 383 g/mol. The van der Waals surface area contributed by atoms with Gasteiger partial charge in [-0.15, -0.1) is 0 Å². The molecule has 1 amide bonds. The minimum Gasteiger partial charge on any atom is -0.495 e. The fraction of sp³-hybridized carbons (Fsp3) is 0.235. The number of anilines is 2. The minimum absolute atomic E-state index is 0.164. The summed E-state index contributed by atoms with van der Waals surface area (Å²) in [4.78, 5) is 12.0. The van der Waals surface area contributed by atoms with Gasteiger partial charge in [-0.3, -0.25) is 9.10 Å². The second-order valence-electron chi connectivity index (χ2n) is 5.27. The molecule has 0 spiro atoms. The maximum absolute atomic E-state index is 12.3. The average Bonchev–Trinajstić information content (AvgIpc) is 2.60. The summed E-state index contributed by atoms with van der Waals surface area (Å²) < 4.78 is 30.9. The van der Waals surface area contributed by atoms with Gasteiger partial charge in [0.2, 0.25) is 15.9 Å². The molecule has 2 rings (SSSR count). The van der Waals surface area contributed by atoms with Gasteiger partial charge in [0.1, 0.15) is 5.75 Å². The lowest BCUT2D eigenvalue weighted by atomic mass is 10.3. The third-order valence-electron chi connectivity index (χ3n) is 3.56. The zero-order chi connectivity index (χ0) is 18.4. The second kappa shape index (κ2) is 8.22. The molecule has 8 heteroatoms. The van der Waals surface area contributed by atoms with Gasteiger partial charge in [0.25, 0.3) is 0 Å². The Balaban J connectivity index is 1.96. The summed E-state index contributed by atoms with van der Waals surface area (Å²) in [5.74, 6) is -0.216. The van der Waals surface area contributed by atoms with Crippen LogP contribution in [0.4, 0.5) is 11.4 Å². The second-order valence-corrected chi connectivity index (χ2v) is 7.79. The first-order valence-electron chi connectivity index (χ1n) is 7.48. The van der Waals surface area contributed by atoms with E-state index in [-0.39, 0.29) is 12.2 Å². The van der Waals surface area contributed by atoms with Gasteiger partial charge in [-0.25, -0.2) is 8.42 Å². The van der Waals surface area contributed by atoms with E-state index in [9.17, 15) is 13.2 Å². The highest BCUT2D eigenvalue weighted by Crippen LogP contribution is 2.27. The van der Waals surface area contributed by atoms with Gasteiger partial charge in [-0.1, -0.05) is 29.8 Å². The number of hydrogen-bond donors (Lipinski definition) is 1. The van der Waals surface area contributed by atoms with Gasteiger partial charge in [-0.05, 0) is 30.3 Å². The number of benzene rings is 2. The van der Waals surface area contributed by atoms with Gasteiger partial charge in [0, 0.05) is 19.2 Å². The molecule has 0 aliphatic heterocycles. The number of nitrogens with one attached hydrogen (secondary N) is 1. The Morgan fingerprint density at radius 2 is 1.88 bits per heavy atom. The molecule has 2 aromatic carbocycles. The van der Waals surface area contributed by atoms with E-state index in [1.54, 1.807) is 48.5 Å². The number of amides is 1. The van der Waals surface area contributed by atoms with E-state index in [1.807, 2.05) is 0 Å². The third-order valence-corrected chi connectivity index (χ3v) is 5.62. The number of ether oxygens (including phenoxy) is 1. The van der Waals surface area contributed by atoms with Crippen molar-refractivity contribution in [2.45, 2.75) is 6.42 Å². The lowest BCUT2D eigenvalue weighted by Crippen LogP contribution is -2.30. The van der Waals surface area contributed by atoms with Crippen LogP contribution < -0.4 is 14.4 Å². The van der Waals surface area contributed by atoms with Crippen LogP contribution >= 0.6 is 11.6 Å². The highest BCUT2D eigenvalue weighted by Gasteiger charge is 2.20. The molecule has 1 N–H and O–H groups in total. The number of nitrogens with zero attached hydrogens (tertiary/aromatic N) is 1. The first-order valence-corrected chi connectivity index (χ1v) is 9.47. The lowest BCUT2D eigenvalue weighted by Gasteiger charge is -2.19. The van der Waals surface area contributed by atoms with Crippen molar-refractivity contribution in [1.82, 2.24) is 0 Å². The lowest BCUT2D eigenvalue weighted by molar-refractivity contribution is -0.115. The number of rotatable bonds is 7. The van der Waals surface area contributed by atoms with Crippen molar-refractivity contribution in [2.75, 3.05) is 29.5 Å². The summed E-state index contributed by atoms with van der Waals surface area (Å²) in [7, 11) is -0.635. The predicted molar refractivity (Wildman–Crippen MR) is 99.9 cm³/mol. The summed E-state index contributed by atoms with van der Waals surface area (Å²) in [6, 6.07) is 13.5. The summed E-state index contributed by atoms with van der Waals surface area (Å²) in [5.41, 5.74) is 1.02. The molecule has 2 aromatic rings. The topological polar surface area (TPSA) is 75.7 Å². The van der Waals surface area contributed by atoms with Crippen LogP contribution in [0.5, 0.6) is 5.75 Å². The molecule has 0 radical (unpaired) electrons. The Bertz CT molecular complexity index is 841. The molecule has 0 aromatic heterocycles. The molecule has 6 nitrogen and oxygen atoms in total. The van der Waals surface area contributed by atoms with Crippen molar-refractivity contribution in [1.29, 1.82) is 0 Å². The van der Waals surface area contributed by atoms with Gasteiger partial charge in [-0.2, -0.15) is 0 Å².